The van der Waals surface area contributed by atoms with Gasteiger partial charge in [-0.25, -0.2) is 0 Å². The lowest BCUT2D eigenvalue weighted by Gasteiger charge is -2.22. The van der Waals surface area contributed by atoms with Crippen LogP contribution >= 0.6 is 0 Å². The number of phenolic OH excluding ortho intramolecular Hbond substituents is 1. The van der Waals surface area contributed by atoms with Crippen molar-refractivity contribution in [3.05, 3.63) is 29.8 Å². The molecular weight excluding hydrogens is 312 g/mol. The summed E-state index contributed by atoms with van der Waals surface area (Å²) in [6, 6.07) is 7.09. The number of hydrogen-bond acceptors (Lipinski definition) is 3. The number of aromatic hydroxyl groups is 1. The van der Waals surface area contributed by atoms with Gasteiger partial charge in [-0.05, 0) is 48.8 Å². The summed E-state index contributed by atoms with van der Waals surface area (Å²) in [5.41, 5.74) is 1.06. The smallest absolute Gasteiger partial charge is 0.309 e. The molecule has 0 bridgehead atoms. The van der Waals surface area contributed by atoms with Crippen molar-refractivity contribution < 1.29 is 14.6 Å². The lowest BCUT2D eigenvalue weighted by molar-refractivity contribution is -0.151. The fraction of sp³-hybridized carbons (Fsp3) is 0.682. The van der Waals surface area contributed by atoms with Gasteiger partial charge in [0.05, 0.1) is 12.5 Å². The Kier molecular flexibility index (Phi) is 10.3. The van der Waals surface area contributed by atoms with E-state index in [0.717, 1.165) is 24.8 Å². The van der Waals surface area contributed by atoms with Gasteiger partial charge in [0, 0.05) is 0 Å². The molecule has 0 aliphatic rings. The maximum Gasteiger partial charge on any atom is 0.309 e. The third-order valence-electron chi connectivity index (χ3n) is 4.87. The maximum atomic E-state index is 12.6. The number of benzene rings is 1. The molecule has 1 rings (SSSR count). The minimum absolute atomic E-state index is 0.0836. The Morgan fingerprint density at radius 2 is 1.72 bits per heavy atom. The highest BCUT2D eigenvalue weighted by atomic mass is 16.5. The van der Waals surface area contributed by atoms with E-state index >= 15 is 0 Å². The number of carbonyl (C=O) groups excluding carboxylic acids is 1. The van der Waals surface area contributed by atoms with Gasteiger partial charge in [0.25, 0.3) is 0 Å². The fourth-order valence-corrected chi connectivity index (χ4v) is 3.19. The van der Waals surface area contributed by atoms with Crippen molar-refractivity contribution in [3.8, 4) is 5.75 Å². The molecule has 0 saturated heterocycles. The van der Waals surface area contributed by atoms with E-state index < -0.39 is 0 Å². The van der Waals surface area contributed by atoms with Crippen molar-refractivity contribution in [3.63, 3.8) is 0 Å². The monoisotopic (exact) mass is 348 g/mol. The van der Waals surface area contributed by atoms with Crippen LogP contribution in [0.25, 0.3) is 0 Å². The van der Waals surface area contributed by atoms with Gasteiger partial charge in [-0.2, -0.15) is 0 Å². The summed E-state index contributed by atoms with van der Waals surface area (Å²) in [5.74, 6) is 0.747. The zero-order chi connectivity index (χ0) is 18.7. The van der Waals surface area contributed by atoms with E-state index in [1.54, 1.807) is 12.1 Å². The largest absolute Gasteiger partial charge is 0.508 e. The zero-order valence-corrected chi connectivity index (χ0v) is 16.5. The molecule has 0 amide bonds. The van der Waals surface area contributed by atoms with E-state index in [4.69, 9.17) is 4.74 Å². The van der Waals surface area contributed by atoms with E-state index in [2.05, 4.69) is 27.7 Å². The SMILES string of the molecule is CCCCCC(CCC)COC(=O)C(Cc1ccc(O)cc1)C(C)C. The van der Waals surface area contributed by atoms with Crippen LogP contribution in [0.15, 0.2) is 24.3 Å². The van der Waals surface area contributed by atoms with Gasteiger partial charge in [-0.15, -0.1) is 0 Å². The van der Waals surface area contributed by atoms with E-state index in [9.17, 15) is 9.90 Å². The van der Waals surface area contributed by atoms with E-state index in [1.807, 2.05) is 12.1 Å². The third-order valence-corrected chi connectivity index (χ3v) is 4.87. The molecule has 0 aromatic heterocycles. The molecule has 0 heterocycles. The molecule has 0 fully saturated rings. The molecule has 3 nitrogen and oxygen atoms in total. The second-order valence-corrected chi connectivity index (χ2v) is 7.50. The summed E-state index contributed by atoms with van der Waals surface area (Å²) in [6.45, 7) is 9.09. The van der Waals surface area contributed by atoms with Gasteiger partial charge in [0.1, 0.15) is 5.75 Å². The molecule has 0 aliphatic carbocycles. The quantitative estimate of drug-likeness (QED) is 0.386. The lowest BCUT2D eigenvalue weighted by atomic mass is 9.89. The molecule has 25 heavy (non-hydrogen) atoms. The minimum Gasteiger partial charge on any atom is -0.508 e. The van der Waals surface area contributed by atoms with Crippen molar-refractivity contribution in [2.45, 2.75) is 72.6 Å². The van der Waals surface area contributed by atoms with Gasteiger partial charge in [-0.3, -0.25) is 4.79 Å². The predicted octanol–water partition coefficient (Wildman–Crippen LogP) is 5.75. The Morgan fingerprint density at radius 1 is 1.04 bits per heavy atom. The van der Waals surface area contributed by atoms with Crippen LogP contribution in [-0.2, 0) is 16.0 Å². The average molecular weight is 349 g/mol. The molecule has 1 aromatic carbocycles. The summed E-state index contributed by atoms with van der Waals surface area (Å²) in [7, 11) is 0. The topological polar surface area (TPSA) is 46.5 Å². The number of ether oxygens (including phenoxy) is 1. The maximum absolute atomic E-state index is 12.6. The van der Waals surface area contributed by atoms with Crippen molar-refractivity contribution in [2.24, 2.45) is 17.8 Å². The van der Waals surface area contributed by atoms with Crippen molar-refractivity contribution in [1.29, 1.82) is 0 Å². The molecule has 142 valence electrons. The molecule has 0 spiro atoms. The molecule has 2 atom stereocenters. The van der Waals surface area contributed by atoms with Crippen molar-refractivity contribution in [2.75, 3.05) is 6.61 Å². The van der Waals surface area contributed by atoms with Crippen LogP contribution in [-0.4, -0.2) is 17.7 Å². The highest BCUT2D eigenvalue weighted by molar-refractivity contribution is 5.73. The van der Waals surface area contributed by atoms with Crippen LogP contribution in [0.4, 0.5) is 0 Å². The van der Waals surface area contributed by atoms with E-state index in [0.29, 0.717) is 18.9 Å². The minimum atomic E-state index is -0.137. The highest BCUT2D eigenvalue weighted by Gasteiger charge is 2.25. The number of esters is 1. The first-order chi connectivity index (χ1) is 12.0. The average Bonchev–Trinajstić information content (AvgIpc) is 2.58. The molecule has 0 radical (unpaired) electrons. The highest BCUT2D eigenvalue weighted by Crippen LogP contribution is 2.22. The number of rotatable bonds is 12. The molecule has 1 aromatic rings. The van der Waals surface area contributed by atoms with Gasteiger partial charge in [0.2, 0.25) is 0 Å². The second-order valence-electron chi connectivity index (χ2n) is 7.50. The second kappa shape index (κ2) is 11.9. The predicted molar refractivity (Wildman–Crippen MR) is 104 cm³/mol. The first-order valence-corrected chi connectivity index (χ1v) is 9.92. The molecule has 0 saturated carbocycles. The third kappa shape index (κ3) is 8.42. The Balaban J connectivity index is 2.57. The summed E-state index contributed by atoms with van der Waals surface area (Å²) in [5, 5.41) is 9.40. The Hall–Kier alpha value is -1.51. The van der Waals surface area contributed by atoms with Crippen molar-refractivity contribution >= 4 is 5.97 Å². The first-order valence-electron chi connectivity index (χ1n) is 9.92. The van der Waals surface area contributed by atoms with Crippen LogP contribution < -0.4 is 0 Å². The summed E-state index contributed by atoms with van der Waals surface area (Å²) < 4.78 is 5.72. The summed E-state index contributed by atoms with van der Waals surface area (Å²) in [4.78, 5) is 12.6. The normalized spacial score (nSPS) is 13.6. The van der Waals surface area contributed by atoms with E-state index in [-0.39, 0.29) is 23.6 Å². The van der Waals surface area contributed by atoms with Crippen LogP contribution in [0.2, 0.25) is 0 Å². The molecule has 2 unspecified atom stereocenters. The Morgan fingerprint density at radius 3 is 2.28 bits per heavy atom. The first kappa shape index (κ1) is 21.5. The standard InChI is InChI=1S/C22H36O3/c1-5-7-8-10-19(9-6-2)16-25-22(24)21(17(3)4)15-18-11-13-20(23)14-12-18/h11-14,17,19,21,23H,5-10,15-16H2,1-4H3. The van der Waals surface area contributed by atoms with Crippen LogP contribution in [0, 0.1) is 17.8 Å². The van der Waals surface area contributed by atoms with Crippen LogP contribution in [0.3, 0.4) is 0 Å². The molecule has 0 aliphatic heterocycles. The number of carbonyl (C=O) groups is 1. The number of hydrogen-bond donors (Lipinski definition) is 1. The number of phenols is 1. The Labute approximate surface area is 153 Å². The van der Waals surface area contributed by atoms with E-state index in [1.165, 1.54) is 19.3 Å². The van der Waals surface area contributed by atoms with Gasteiger partial charge in [-0.1, -0.05) is 65.5 Å². The lowest BCUT2D eigenvalue weighted by Crippen LogP contribution is -2.27. The van der Waals surface area contributed by atoms with Crippen LogP contribution in [0.1, 0.15) is 71.8 Å². The van der Waals surface area contributed by atoms with Crippen LogP contribution in [0.5, 0.6) is 5.75 Å². The zero-order valence-electron chi connectivity index (χ0n) is 16.5. The molecule has 3 heteroatoms. The summed E-state index contributed by atoms with van der Waals surface area (Å²) in [6.07, 6.45) is 7.77. The molecule has 1 N–H and O–H groups in total. The van der Waals surface area contributed by atoms with Crippen molar-refractivity contribution in [1.82, 2.24) is 0 Å². The van der Waals surface area contributed by atoms with Gasteiger partial charge < -0.3 is 9.84 Å². The summed E-state index contributed by atoms with van der Waals surface area (Å²) >= 11 is 0. The van der Waals surface area contributed by atoms with Gasteiger partial charge in [0.15, 0.2) is 0 Å². The number of unbranched alkanes of at least 4 members (excludes halogenated alkanes) is 2. The Bertz CT molecular complexity index is 479. The molecular formula is C22H36O3. The fourth-order valence-electron chi connectivity index (χ4n) is 3.19. The van der Waals surface area contributed by atoms with Gasteiger partial charge >= 0.3 is 5.97 Å².